The second-order valence-corrected chi connectivity index (χ2v) is 5.50. The molecule has 0 aliphatic rings. The first kappa shape index (κ1) is 14.2. The molecule has 0 bridgehead atoms. The van der Waals surface area contributed by atoms with Gasteiger partial charge in [0.05, 0.1) is 0 Å². The molecule has 20 heavy (non-hydrogen) atoms. The number of nitrogen functional groups attached to an aromatic ring is 1. The molecule has 8 heteroatoms. The molecule has 0 atom stereocenters. The molecule has 0 radical (unpaired) electrons. The van der Waals surface area contributed by atoms with Crippen LogP contribution in [0.1, 0.15) is 30.2 Å². The second kappa shape index (κ2) is 5.41. The van der Waals surface area contributed by atoms with E-state index >= 15 is 0 Å². The summed E-state index contributed by atoms with van der Waals surface area (Å²) in [5, 5.41) is 6.90. The lowest BCUT2D eigenvalue weighted by molar-refractivity contribution is 0.100. The average Bonchev–Trinajstić information content (AvgIpc) is 2.72. The van der Waals surface area contributed by atoms with E-state index in [1.54, 1.807) is 12.1 Å². The second-order valence-electron chi connectivity index (χ2n) is 4.49. The molecule has 0 fully saturated rings. The summed E-state index contributed by atoms with van der Waals surface area (Å²) in [5.74, 6) is -0.535. The summed E-state index contributed by atoms with van der Waals surface area (Å²) in [6.07, 6.45) is 0. The molecule has 0 aliphatic heterocycles. The quantitative estimate of drug-likeness (QED) is 0.726. The predicted molar refractivity (Wildman–Crippen MR) is 76.7 cm³/mol. The minimum absolute atomic E-state index is 0.0186. The van der Waals surface area contributed by atoms with Crippen LogP contribution >= 0.6 is 11.8 Å². The van der Waals surface area contributed by atoms with E-state index in [1.807, 2.05) is 13.8 Å². The van der Waals surface area contributed by atoms with E-state index in [2.05, 4.69) is 10.2 Å². The Morgan fingerprint density at radius 1 is 1.45 bits per heavy atom. The van der Waals surface area contributed by atoms with Crippen molar-refractivity contribution in [1.82, 2.24) is 14.8 Å². The smallest absolute Gasteiger partial charge is 0.344 e. The van der Waals surface area contributed by atoms with Crippen molar-refractivity contribution in [2.75, 3.05) is 5.73 Å². The van der Waals surface area contributed by atoms with Gasteiger partial charge in [-0.2, -0.15) is 0 Å². The Morgan fingerprint density at radius 2 is 2.15 bits per heavy atom. The fourth-order valence-electron chi connectivity index (χ4n) is 1.71. The van der Waals surface area contributed by atoms with E-state index in [1.165, 1.54) is 22.4 Å². The van der Waals surface area contributed by atoms with Crippen LogP contribution in [0.15, 0.2) is 33.0 Å². The van der Waals surface area contributed by atoms with Crippen LogP contribution in [0.2, 0.25) is 0 Å². The molecule has 106 valence electrons. The number of hydrogen-bond acceptors (Lipinski definition) is 5. The van der Waals surface area contributed by atoms with Gasteiger partial charge >= 0.3 is 5.69 Å². The lowest BCUT2D eigenvalue weighted by Gasteiger charge is -2.10. The highest BCUT2D eigenvalue weighted by Gasteiger charge is 2.14. The van der Waals surface area contributed by atoms with Crippen LogP contribution in [0.4, 0.5) is 5.69 Å². The molecule has 1 aromatic heterocycles. The van der Waals surface area contributed by atoms with E-state index in [0.717, 1.165) is 0 Å². The van der Waals surface area contributed by atoms with Crippen LogP contribution in [-0.4, -0.2) is 20.7 Å². The van der Waals surface area contributed by atoms with Gasteiger partial charge in [0.2, 0.25) is 5.91 Å². The molecule has 2 rings (SSSR count). The van der Waals surface area contributed by atoms with Crippen molar-refractivity contribution in [1.29, 1.82) is 0 Å². The van der Waals surface area contributed by atoms with Crippen molar-refractivity contribution in [2.24, 2.45) is 5.73 Å². The third kappa shape index (κ3) is 2.69. The zero-order valence-electron chi connectivity index (χ0n) is 11.1. The molecule has 7 nitrogen and oxygen atoms in total. The van der Waals surface area contributed by atoms with Crippen molar-refractivity contribution in [2.45, 2.75) is 29.9 Å². The van der Waals surface area contributed by atoms with E-state index in [9.17, 15) is 9.59 Å². The number of H-pyrrole nitrogens is 1. The van der Waals surface area contributed by atoms with Gasteiger partial charge in [-0.15, -0.1) is 5.10 Å². The summed E-state index contributed by atoms with van der Waals surface area (Å²) in [7, 11) is 0. The zero-order chi connectivity index (χ0) is 14.9. The normalized spacial score (nSPS) is 10.9. The molecular weight excluding hydrogens is 278 g/mol. The lowest BCUT2D eigenvalue weighted by Crippen LogP contribution is -2.19. The monoisotopic (exact) mass is 293 g/mol. The highest BCUT2D eigenvalue weighted by Crippen LogP contribution is 2.31. The van der Waals surface area contributed by atoms with Crippen molar-refractivity contribution in [3.05, 3.63) is 34.2 Å². The Bertz CT molecular complexity index is 704. The van der Waals surface area contributed by atoms with Gasteiger partial charge < -0.3 is 11.5 Å². The Morgan fingerprint density at radius 3 is 2.70 bits per heavy atom. The number of aromatic nitrogens is 3. The zero-order valence-corrected chi connectivity index (χ0v) is 11.9. The molecule has 2 aromatic rings. The van der Waals surface area contributed by atoms with E-state index in [0.29, 0.717) is 21.3 Å². The Balaban J connectivity index is 2.36. The number of benzene rings is 1. The van der Waals surface area contributed by atoms with Crippen molar-refractivity contribution < 1.29 is 4.79 Å². The van der Waals surface area contributed by atoms with Gasteiger partial charge in [0.15, 0.2) is 5.16 Å². The summed E-state index contributed by atoms with van der Waals surface area (Å²) >= 11 is 1.25. The summed E-state index contributed by atoms with van der Waals surface area (Å²) in [6.45, 7) is 3.78. The largest absolute Gasteiger partial charge is 0.398 e. The standard InChI is InChI=1S/C12H15N5O2S/c1-6(2)17-11(19)15-16-12(17)20-9-4-3-7(10(14)18)5-8(9)13/h3-6H,13H2,1-2H3,(H2,14,18)(H,15,19). The predicted octanol–water partition coefficient (Wildman–Crippen LogP) is 0.985. The molecule has 1 heterocycles. The molecule has 0 spiro atoms. The number of aromatic amines is 1. The fourth-order valence-corrected chi connectivity index (χ4v) is 2.70. The van der Waals surface area contributed by atoms with Gasteiger partial charge in [-0.3, -0.25) is 9.36 Å². The van der Waals surface area contributed by atoms with Gasteiger partial charge in [0.1, 0.15) is 0 Å². The number of hydrogen-bond donors (Lipinski definition) is 3. The highest BCUT2D eigenvalue weighted by molar-refractivity contribution is 7.99. The molecule has 0 saturated heterocycles. The molecule has 0 unspecified atom stereocenters. The number of amides is 1. The van der Waals surface area contributed by atoms with E-state index in [-0.39, 0.29) is 11.7 Å². The number of nitrogens with two attached hydrogens (primary N) is 2. The maximum absolute atomic E-state index is 11.6. The number of carbonyl (C=O) groups excluding carboxylic acids is 1. The third-order valence-corrected chi connectivity index (χ3v) is 3.75. The van der Waals surface area contributed by atoms with Crippen molar-refractivity contribution in [3.8, 4) is 0 Å². The van der Waals surface area contributed by atoms with Gasteiger partial charge in [-0.1, -0.05) is 0 Å². The first-order chi connectivity index (χ1) is 9.40. The van der Waals surface area contributed by atoms with Crippen LogP contribution < -0.4 is 17.2 Å². The van der Waals surface area contributed by atoms with Gasteiger partial charge in [0.25, 0.3) is 0 Å². The number of nitrogens with zero attached hydrogens (tertiary/aromatic N) is 2. The minimum atomic E-state index is -0.535. The SMILES string of the molecule is CC(C)n1c(Sc2ccc(C(N)=O)cc2N)n[nH]c1=O. The summed E-state index contributed by atoms with van der Waals surface area (Å²) in [5.41, 5.74) is 11.6. The van der Waals surface area contributed by atoms with Crippen LogP contribution in [0, 0.1) is 0 Å². The van der Waals surface area contributed by atoms with Crippen LogP contribution in [0.3, 0.4) is 0 Å². The molecule has 5 N–H and O–H groups in total. The number of nitrogens with one attached hydrogen (secondary N) is 1. The van der Waals surface area contributed by atoms with Gasteiger partial charge in [0, 0.05) is 22.2 Å². The lowest BCUT2D eigenvalue weighted by atomic mass is 10.2. The molecule has 0 aliphatic carbocycles. The van der Waals surface area contributed by atoms with Crippen LogP contribution in [0.25, 0.3) is 0 Å². The van der Waals surface area contributed by atoms with Gasteiger partial charge in [-0.25, -0.2) is 9.89 Å². The number of anilines is 1. The molecule has 1 aromatic carbocycles. The minimum Gasteiger partial charge on any atom is -0.398 e. The summed E-state index contributed by atoms with van der Waals surface area (Å²) < 4.78 is 1.53. The molecule has 0 saturated carbocycles. The van der Waals surface area contributed by atoms with Crippen molar-refractivity contribution in [3.63, 3.8) is 0 Å². The Kier molecular flexibility index (Phi) is 3.84. The Hall–Kier alpha value is -2.22. The molecule has 1 amide bonds. The summed E-state index contributed by atoms with van der Waals surface area (Å²) in [6, 6.07) is 4.76. The topological polar surface area (TPSA) is 120 Å². The third-order valence-electron chi connectivity index (χ3n) is 2.68. The highest BCUT2D eigenvalue weighted by atomic mass is 32.2. The van der Waals surface area contributed by atoms with E-state index in [4.69, 9.17) is 11.5 Å². The van der Waals surface area contributed by atoms with Crippen molar-refractivity contribution >= 4 is 23.4 Å². The van der Waals surface area contributed by atoms with Gasteiger partial charge in [-0.05, 0) is 43.8 Å². The first-order valence-corrected chi connectivity index (χ1v) is 6.76. The maximum Gasteiger partial charge on any atom is 0.344 e. The maximum atomic E-state index is 11.6. The number of primary amides is 1. The van der Waals surface area contributed by atoms with Crippen LogP contribution in [0.5, 0.6) is 0 Å². The molecular formula is C12H15N5O2S. The summed E-state index contributed by atoms with van der Waals surface area (Å²) in [4.78, 5) is 23.4. The van der Waals surface area contributed by atoms with Crippen LogP contribution in [-0.2, 0) is 0 Å². The Labute approximate surface area is 119 Å². The average molecular weight is 293 g/mol. The number of carbonyl (C=O) groups is 1. The first-order valence-electron chi connectivity index (χ1n) is 5.94. The number of rotatable bonds is 4. The fraction of sp³-hybridized carbons (Fsp3) is 0.250. The van der Waals surface area contributed by atoms with E-state index < -0.39 is 5.91 Å².